The Hall–Kier alpha value is -3.61. The van der Waals surface area contributed by atoms with Crippen molar-refractivity contribution in [2.24, 2.45) is 0 Å². The number of carbonyl (C=O) groups is 1. The predicted molar refractivity (Wildman–Crippen MR) is 148 cm³/mol. The number of nitrogens with one attached hydrogen (secondary N) is 2. The minimum absolute atomic E-state index is 0.0258. The molecule has 170 valence electrons. The van der Waals surface area contributed by atoms with Gasteiger partial charge in [-0.1, -0.05) is 54.6 Å². The van der Waals surface area contributed by atoms with E-state index in [9.17, 15) is 4.79 Å². The van der Waals surface area contributed by atoms with Crippen LogP contribution < -0.4 is 15.5 Å². The number of hydrogen-bond donors (Lipinski definition) is 2. The second-order valence-corrected chi connectivity index (χ2v) is 9.40. The maximum absolute atomic E-state index is 13.5. The first-order chi connectivity index (χ1) is 16.6. The maximum Gasteiger partial charge on any atom is 0.244 e. The molecular weight excluding hydrogens is 458 g/mol. The third-order valence-corrected chi connectivity index (χ3v) is 6.36. The van der Waals surface area contributed by atoms with Crippen LogP contribution in [0.25, 0.3) is 0 Å². The van der Waals surface area contributed by atoms with Crippen molar-refractivity contribution in [3.8, 4) is 0 Å². The normalized spacial score (nSPS) is 11.3. The zero-order chi connectivity index (χ0) is 23.8. The molecule has 0 aliphatic rings. The smallest absolute Gasteiger partial charge is 0.244 e. The van der Waals surface area contributed by atoms with Crippen molar-refractivity contribution in [2.75, 3.05) is 15.5 Å². The third-order valence-electron chi connectivity index (χ3n) is 5.05. The van der Waals surface area contributed by atoms with Gasteiger partial charge >= 0.3 is 0 Å². The summed E-state index contributed by atoms with van der Waals surface area (Å²) in [7, 11) is 0. The van der Waals surface area contributed by atoms with E-state index in [4.69, 9.17) is 12.2 Å². The van der Waals surface area contributed by atoms with Gasteiger partial charge in [-0.25, -0.2) is 0 Å². The van der Waals surface area contributed by atoms with E-state index in [1.807, 2.05) is 122 Å². The van der Waals surface area contributed by atoms with Crippen LogP contribution in [-0.4, -0.2) is 16.3 Å². The highest BCUT2D eigenvalue weighted by atomic mass is 32.2. The number of thioether (sulfide) groups is 1. The van der Waals surface area contributed by atoms with E-state index in [1.54, 1.807) is 4.90 Å². The Bertz CT molecular complexity index is 1180. The lowest BCUT2D eigenvalue weighted by molar-refractivity contribution is -0.117. The number of para-hydroxylation sites is 3. The van der Waals surface area contributed by atoms with E-state index in [-0.39, 0.29) is 11.2 Å². The van der Waals surface area contributed by atoms with Gasteiger partial charge in [-0.15, -0.1) is 11.8 Å². The van der Waals surface area contributed by atoms with E-state index < -0.39 is 0 Å². The Morgan fingerprint density at radius 2 is 1.15 bits per heavy atom. The van der Waals surface area contributed by atoms with Gasteiger partial charge in [0.25, 0.3) is 0 Å². The Balaban J connectivity index is 1.41. The molecule has 0 saturated carbocycles. The second kappa shape index (κ2) is 11.5. The summed E-state index contributed by atoms with van der Waals surface area (Å²) in [5, 5.41) is 6.60. The van der Waals surface area contributed by atoms with Gasteiger partial charge in [0.2, 0.25) is 5.91 Å². The molecule has 0 aliphatic carbocycles. The van der Waals surface area contributed by atoms with Crippen LogP contribution in [0.5, 0.6) is 0 Å². The van der Waals surface area contributed by atoms with Crippen molar-refractivity contribution < 1.29 is 4.79 Å². The number of hydrogen-bond acceptors (Lipinski definition) is 3. The minimum atomic E-state index is -0.278. The zero-order valence-electron chi connectivity index (χ0n) is 18.7. The van der Waals surface area contributed by atoms with Gasteiger partial charge in [-0.2, -0.15) is 0 Å². The first-order valence-electron chi connectivity index (χ1n) is 10.9. The topological polar surface area (TPSA) is 44.4 Å². The van der Waals surface area contributed by atoms with Crippen LogP contribution in [0.1, 0.15) is 6.92 Å². The maximum atomic E-state index is 13.5. The number of amides is 1. The molecule has 4 aromatic carbocycles. The molecule has 0 radical (unpaired) electrons. The summed E-state index contributed by atoms with van der Waals surface area (Å²) in [5.41, 5.74) is 3.52. The number of carbonyl (C=O) groups excluding carboxylic acids is 1. The number of thiocarbonyl (C=S) groups is 1. The Kier molecular flexibility index (Phi) is 7.96. The zero-order valence-corrected chi connectivity index (χ0v) is 20.4. The van der Waals surface area contributed by atoms with E-state index in [2.05, 4.69) is 10.6 Å². The molecule has 0 saturated heterocycles. The van der Waals surface area contributed by atoms with Crippen molar-refractivity contribution in [1.29, 1.82) is 0 Å². The van der Waals surface area contributed by atoms with Gasteiger partial charge in [0.05, 0.1) is 5.25 Å². The fraction of sp³-hybridized carbons (Fsp3) is 0.0714. The Morgan fingerprint density at radius 3 is 1.65 bits per heavy atom. The third kappa shape index (κ3) is 6.25. The molecule has 0 heterocycles. The van der Waals surface area contributed by atoms with Crippen LogP contribution in [0, 0.1) is 0 Å². The van der Waals surface area contributed by atoms with E-state index in [0.29, 0.717) is 5.11 Å². The number of nitrogens with zero attached hydrogens (tertiary/aromatic N) is 1. The fourth-order valence-electron chi connectivity index (χ4n) is 3.43. The van der Waals surface area contributed by atoms with Gasteiger partial charge in [0, 0.05) is 27.6 Å². The van der Waals surface area contributed by atoms with Crippen molar-refractivity contribution in [2.45, 2.75) is 17.1 Å². The van der Waals surface area contributed by atoms with Gasteiger partial charge in [0.1, 0.15) is 0 Å². The van der Waals surface area contributed by atoms with Crippen LogP contribution in [0.3, 0.4) is 0 Å². The fourth-order valence-corrected chi connectivity index (χ4v) is 4.57. The number of rotatable bonds is 7. The van der Waals surface area contributed by atoms with Crippen molar-refractivity contribution in [3.05, 3.63) is 115 Å². The largest absolute Gasteiger partial charge is 0.332 e. The lowest BCUT2D eigenvalue weighted by Crippen LogP contribution is -2.32. The van der Waals surface area contributed by atoms with Gasteiger partial charge in [-0.3, -0.25) is 9.69 Å². The molecule has 0 bridgehead atoms. The predicted octanol–water partition coefficient (Wildman–Crippen LogP) is 7.34. The summed E-state index contributed by atoms with van der Waals surface area (Å²) >= 11 is 6.93. The quantitative estimate of drug-likeness (QED) is 0.213. The van der Waals surface area contributed by atoms with Gasteiger partial charge in [-0.05, 0) is 79.8 Å². The molecule has 0 fully saturated rings. The molecule has 1 atom stereocenters. The average Bonchev–Trinajstić information content (AvgIpc) is 2.87. The van der Waals surface area contributed by atoms with E-state index in [0.717, 1.165) is 27.6 Å². The minimum Gasteiger partial charge on any atom is -0.332 e. The number of anilines is 4. The standard InChI is InChI=1S/C28H25N3OS2/c1-21(27(32)31(24-13-7-3-8-14-24)25-15-9-4-10-16-25)34-26-19-17-23(18-20-26)30-28(33)29-22-11-5-2-6-12-22/h2-21H,1H3,(H2,29,30,33). The van der Waals surface area contributed by atoms with E-state index >= 15 is 0 Å². The summed E-state index contributed by atoms with van der Waals surface area (Å²) in [5.74, 6) is 0.0258. The van der Waals surface area contributed by atoms with Crippen LogP contribution in [0.4, 0.5) is 22.7 Å². The highest BCUT2D eigenvalue weighted by molar-refractivity contribution is 8.00. The van der Waals surface area contributed by atoms with Crippen LogP contribution >= 0.6 is 24.0 Å². The monoisotopic (exact) mass is 483 g/mol. The highest BCUT2D eigenvalue weighted by Gasteiger charge is 2.24. The molecule has 6 heteroatoms. The van der Waals surface area contributed by atoms with Crippen LogP contribution in [-0.2, 0) is 4.79 Å². The molecule has 4 nitrogen and oxygen atoms in total. The van der Waals surface area contributed by atoms with Crippen molar-refractivity contribution in [3.63, 3.8) is 0 Å². The molecule has 0 aliphatic heterocycles. The molecule has 0 aromatic heterocycles. The van der Waals surface area contributed by atoms with Gasteiger partial charge < -0.3 is 10.6 Å². The van der Waals surface area contributed by atoms with Crippen LogP contribution in [0.2, 0.25) is 0 Å². The lowest BCUT2D eigenvalue weighted by Gasteiger charge is -2.26. The molecule has 0 spiro atoms. The SMILES string of the molecule is CC(Sc1ccc(NC(=S)Nc2ccccc2)cc1)C(=O)N(c1ccccc1)c1ccccc1. The lowest BCUT2D eigenvalue weighted by atomic mass is 10.2. The second-order valence-electron chi connectivity index (χ2n) is 7.57. The molecule has 34 heavy (non-hydrogen) atoms. The number of benzene rings is 4. The Labute approximate surface area is 210 Å². The Morgan fingerprint density at radius 1 is 0.706 bits per heavy atom. The first kappa shape index (κ1) is 23.5. The van der Waals surface area contributed by atoms with E-state index in [1.165, 1.54) is 11.8 Å². The summed E-state index contributed by atoms with van der Waals surface area (Å²) in [6.07, 6.45) is 0. The summed E-state index contributed by atoms with van der Waals surface area (Å²) in [6, 6.07) is 37.2. The highest BCUT2D eigenvalue weighted by Crippen LogP contribution is 2.31. The molecule has 4 aromatic rings. The first-order valence-corrected chi connectivity index (χ1v) is 12.2. The molecule has 4 rings (SSSR count). The summed E-state index contributed by atoms with van der Waals surface area (Å²) < 4.78 is 0. The molecule has 1 unspecified atom stereocenters. The van der Waals surface area contributed by atoms with Crippen molar-refractivity contribution >= 4 is 57.7 Å². The summed E-state index contributed by atoms with van der Waals surface area (Å²) in [6.45, 7) is 1.94. The van der Waals surface area contributed by atoms with Gasteiger partial charge in [0.15, 0.2) is 5.11 Å². The summed E-state index contributed by atoms with van der Waals surface area (Å²) in [4.78, 5) is 16.3. The molecule has 2 N–H and O–H groups in total. The molecular formula is C28H25N3OS2. The van der Waals surface area contributed by atoms with Crippen molar-refractivity contribution in [1.82, 2.24) is 0 Å². The van der Waals surface area contributed by atoms with Crippen LogP contribution in [0.15, 0.2) is 120 Å². The molecule has 1 amide bonds. The average molecular weight is 484 g/mol.